The molecule has 0 heterocycles. The Kier molecular flexibility index (Phi) is 3.92. The molecular formula is C18H18N2O2. The van der Waals surface area contributed by atoms with Gasteiger partial charge in [0.25, 0.3) is 5.91 Å². The summed E-state index contributed by atoms with van der Waals surface area (Å²) < 4.78 is 0. The Morgan fingerprint density at radius 2 is 1.55 bits per heavy atom. The molecular weight excluding hydrogens is 276 g/mol. The molecule has 0 aliphatic heterocycles. The maximum absolute atomic E-state index is 12.4. The SMILES string of the molecule is NC(=O)c1ccc(C(=O)N[C@@H](c2ccccc2)C2CC2)cc1. The molecule has 3 N–H and O–H groups in total. The van der Waals surface area contributed by atoms with E-state index in [1.807, 2.05) is 30.3 Å². The minimum atomic E-state index is -0.493. The van der Waals surface area contributed by atoms with Gasteiger partial charge in [0, 0.05) is 11.1 Å². The number of hydrogen-bond acceptors (Lipinski definition) is 2. The molecule has 2 aromatic rings. The van der Waals surface area contributed by atoms with E-state index >= 15 is 0 Å². The van der Waals surface area contributed by atoms with Crippen molar-refractivity contribution in [2.75, 3.05) is 0 Å². The van der Waals surface area contributed by atoms with Crippen molar-refractivity contribution in [2.45, 2.75) is 18.9 Å². The molecule has 4 heteroatoms. The van der Waals surface area contributed by atoms with Crippen LogP contribution in [0, 0.1) is 5.92 Å². The van der Waals surface area contributed by atoms with Gasteiger partial charge in [0.2, 0.25) is 5.91 Å². The molecule has 1 aliphatic carbocycles. The predicted molar refractivity (Wildman–Crippen MR) is 84.3 cm³/mol. The molecule has 2 amide bonds. The van der Waals surface area contributed by atoms with Gasteiger partial charge in [-0.25, -0.2) is 0 Å². The predicted octanol–water partition coefficient (Wildman–Crippen LogP) is 2.67. The van der Waals surface area contributed by atoms with Gasteiger partial charge in [-0.2, -0.15) is 0 Å². The molecule has 22 heavy (non-hydrogen) atoms. The number of carbonyl (C=O) groups excluding carboxylic acids is 2. The van der Waals surface area contributed by atoms with Crippen LogP contribution in [0.1, 0.15) is 45.2 Å². The molecule has 4 nitrogen and oxygen atoms in total. The number of nitrogens with two attached hydrogens (primary N) is 1. The lowest BCUT2D eigenvalue weighted by Gasteiger charge is -2.19. The molecule has 0 bridgehead atoms. The molecule has 1 aliphatic rings. The second kappa shape index (κ2) is 6.02. The minimum Gasteiger partial charge on any atom is -0.366 e. The molecule has 1 saturated carbocycles. The van der Waals surface area contributed by atoms with Crippen LogP contribution in [0.25, 0.3) is 0 Å². The van der Waals surface area contributed by atoms with Crippen LogP contribution in [-0.4, -0.2) is 11.8 Å². The second-order valence-electron chi connectivity index (χ2n) is 5.64. The standard InChI is InChI=1S/C18H18N2O2/c19-17(21)14-8-10-15(11-9-14)18(22)20-16(13-6-7-13)12-4-2-1-3-5-12/h1-5,8-11,13,16H,6-7H2,(H2,19,21)(H,20,22)/t16-/m0/s1. The first-order valence-corrected chi connectivity index (χ1v) is 7.41. The summed E-state index contributed by atoms with van der Waals surface area (Å²) in [4.78, 5) is 23.5. The molecule has 1 fully saturated rings. The maximum Gasteiger partial charge on any atom is 0.251 e. The number of carbonyl (C=O) groups is 2. The monoisotopic (exact) mass is 294 g/mol. The van der Waals surface area contributed by atoms with Crippen LogP contribution in [0.5, 0.6) is 0 Å². The molecule has 0 spiro atoms. The molecule has 0 saturated heterocycles. The largest absolute Gasteiger partial charge is 0.366 e. The number of nitrogens with one attached hydrogen (secondary N) is 1. The Morgan fingerprint density at radius 3 is 2.09 bits per heavy atom. The van der Waals surface area contributed by atoms with Crippen LogP contribution in [0.4, 0.5) is 0 Å². The zero-order chi connectivity index (χ0) is 15.5. The summed E-state index contributed by atoms with van der Waals surface area (Å²) >= 11 is 0. The fourth-order valence-electron chi connectivity index (χ4n) is 2.57. The van der Waals surface area contributed by atoms with Gasteiger partial charge >= 0.3 is 0 Å². The van der Waals surface area contributed by atoms with E-state index in [0.717, 1.165) is 18.4 Å². The van der Waals surface area contributed by atoms with Gasteiger partial charge in [-0.15, -0.1) is 0 Å². The third kappa shape index (κ3) is 3.17. The fraction of sp³-hybridized carbons (Fsp3) is 0.222. The van der Waals surface area contributed by atoms with Crippen molar-refractivity contribution in [3.63, 3.8) is 0 Å². The van der Waals surface area contributed by atoms with Crippen molar-refractivity contribution in [1.82, 2.24) is 5.32 Å². The molecule has 0 radical (unpaired) electrons. The molecule has 0 unspecified atom stereocenters. The summed E-state index contributed by atoms with van der Waals surface area (Å²) in [6.45, 7) is 0. The van der Waals surface area contributed by atoms with Crippen LogP contribution in [-0.2, 0) is 0 Å². The van der Waals surface area contributed by atoms with Gasteiger partial charge in [0.05, 0.1) is 6.04 Å². The van der Waals surface area contributed by atoms with Gasteiger partial charge in [-0.05, 0) is 48.6 Å². The lowest BCUT2D eigenvalue weighted by Crippen LogP contribution is -2.29. The van der Waals surface area contributed by atoms with Crippen molar-refractivity contribution in [2.24, 2.45) is 11.7 Å². The number of hydrogen-bond donors (Lipinski definition) is 2. The van der Waals surface area contributed by atoms with Gasteiger partial charge in [0.1, 0.15) is 0 Å². The molecule has 0 aromatic heterocycles. The van der Waals surface area contributed by atoms with Crippen LogP contribution < -0.4 is 11.1 Å². The Balaban J connectivity index is 1.75. The average Bonchev–Trinajstić information content (AvgIpc) is 3.38. The number of rotatable bonds is 5. The van der Waals surface area contributed by atoms with E-state index in [2.05, 4.69) is 5.32 Å². The third-order valence-electron chi connectivity index (χ3n) is 3.97. The smallest absolute Gasteiger partial charge is 0.251 e. The van der Waals surface area contributed by atoms with E-state index in [1.165, 1.54) is 0 Å². The average molecular weight is 294 g/mol. The zero-order valence-corrected chi connectivity index (χ0v) is 12.2. The van der Waals surface area contributed by atoms with E-state index in [0.29, 0.717) is 17.0 Å². The quantitative estimate of drug-likeness (QED) is 0.890. The summed E-state index contributed by atoms with van der Waals surface area (Å²) in [6, 6.07) is 16.5. The van der Waals surface area contributed by atoms with Crippen molar-refractivity contribution in [1.29, 1.82) is 0 Å². The van der Waals surface area contributed by atoms with Crippen LogP contribution >= 0.6 is 0 Å². The van der Waals surface area contributed by atoms with E-state index in [4.69, 9.17) is 5.73 Å². The zero-order valence-electron chi connectivity index (χ0n) is 12.2. The Labute approximate surface area is 129 Å². The van der Waals surface area contributed by atoms with Crippen LogP contribution in [0.2, 0.25) is 0 Å². The van der Waals surface area contributed by atoms with E-state index in [9.17, 15) is 9.59 Å². The highest BCUT2D eigenvalue weighted by Crippen LogP contribution is 2.41. The van der Waals surface area contributed by atoms with E-state index in [1.54, 1.807) is 24.3 Å². The lowest BCUT2D eigenvalue weighted by atomic mass is 10.0. The minimum absolute atomic E-state index is 0.0458. The molecule has 3 rings (SSSR count). The maximum atomic E-state index is 12.4. The van der Waals surface area contributed by atoms with Crippen molar-refractivity contribution in [3.8, 4) is 0 Å². The number of benzene rings is 2. The number of primary amides is 1. The van der Waals surface area contributed by atoms with Crippen molar-refractivity contribution < 1.29 is 9.59 Å². The Morgan fingerprint density at radius 1 is 0.955 bits per heavy atom. The summed E-state index contributed by atoms with van der Waals surface area (Å²) in [7, 11) is 0. The topological polar surface area (TPSA) is 72.2 Å². The third-order valence-corrected chi connectivity index (χ3v) is 3.97. The summed E-state index contributed by atoms with van der Waals surface area (Å²) in [5.74, 6) is -0.111. The highest BCUT2D eigenvalue weighted by Gasteiger charge is 2.33. The van der Waals surface area contributed by atoms with Crippen molar-refractivity contribution in [3.05, 3.63) is 71.3 Å². The van der Waals surface area contributed by atoms with Gasteiger partial charge in [0.15, 0.2) is 0 Å². The van der Waals surface area contributed by atoms with Crippen LogP contribution in [0.15, 0.2) is 54.6 Å². The Hall–Kier alpha value is -2.62. The molecule has 112 valence electrons. The lowest BCUT2D eigenvalue weighted by molar-refractivity contribution is 0.0929. The summed E-state index contributed by atoms with van der Waals surface area (Å²) in [5.41, 5.74) is 7.27. The first-order chi connectivity index (χ1) is 10.6. The first-order valence-electron chi connectivity index (χ1n) is 7.41. The van der Waals surface area contributed by atoms with Gasteiger partial charge in [-0.1, -0.05) is 30.3 Å². The fourth-order valence-corrected chi connectivity index (χ4v) is 2.57. The van der Waals surface area contributed by atoms with Crippen LogP contribution in [0.3, 0.4) is 0 Å². The van der Waals surface area contributed by atoms with Gasteiger partial charge in [-0.3, -0.25) is 9.59 Å². The highest BCUT2D eigenvalue weighted by atomic mass is 16.2. The molecule has 1 atom stereocenters. The van der Waals surface area contributed by atoms with E-state index in [-0.39, 0.29) is 11.9 Å². The second-order valence-corrected chi connectivity index (χ2v) is 5.64. The normalized spacial score (nSPS) is 15.1. The summed E-state index contributed by atoms with van der Waals surface area (Å²) in [5, 5.41) is 3.11. The highest BCUT2D eigenvalue weighted by molar-refractivity contribution is 5.97. The first kappa shape index (κ1) is 14.3. The van der Waals surface area contributed by atoms with E-state index < -0.39 is 5.91 Å². The van der Waals surface area contributed by atoms with Crippen molar-refractivity contribution >= 4 is 11.8 Å². The number of amides is 2. The Bertz CT molecular complexity index is 676. The van der Waals surface area contributed by atoms with Gasteiger partial charge < -0.3 is 11.1 Å². The summed E-state index contributed by atoms with van der Waals surface area (Å²) in [6.07, 6.45) is 2.28. The molecule has 2 aromatic carbocycles.